The third kappa shape index (κ3) is 3.87. The zero-order valence-corrected chi connectivity index (χ0v) is 13.0. The molecule has 6 heteroatoms. The van der Waals surface area contributed by atoms with E-state index in [1.165, 1.54) is 18.4 Å². The first-order valence-corrected chi connectivity index (χ1v) is 9.19. The van der Waals surface area contributed by atoms with Crippen LogP contribution in [0.5, 0.6) is 0 Å². The van der Waals surface area contributed by atoms with Crippen molar-refractivity contribution in [3.05, 3.63) is 10.2 Å². The molecule has 0 aromatic rings. The van der Waals surface area contributed by atoms with Crippen LogP contribution in [0.3, 0.4) is 0 Å². The second-order valence-corrected chi connectivity index (χ2v) is 8.17. The molecule has 1 rings (SSSR count). The first kappa shape index (κ1) is 15.8. The molecule has 0 saturated heterocycles. The van der Waals surface area contributed by atoms with E-state index in [1.54, 1.807) is 6.92 Å². The summed E-state index contributed by atoms with van der Waals surface area (Å²) in [5.41, 5.74) is 0. The minimum absolute atomic E-state index is 0.216. The minimum Gasteiger partial charge on any atom is -0.466 e. The van der Waals surface area contributed by atoms with E-state index in [0.29, 0.717) is 24.1 Å². The fraction of sp³-hybridized carbons (Fsp3) is 0.750. The molecule has 0 radical (unpaired) electrons. The average Bonchev–Trinajstić information content (AvgIpc) is 2.27. The lowest BCUT2D eigenvalue weighted by Gasteiger charge is -2.28. The van der Waals surface area contributed by atoms with Gasteiger partial charge in [0.25, 0.3) is 0 Å². The molecule has 0 fully saturated rings. The van der Waals surface area contributed by atoms with Crippen molar-refractivity contribution in [2.75, 3.05) is 19.0 Å². The first-order chi connectivity index (χ1) is 8.27. The van der Waals surface area contributed by atoms with E-state index in [9.17, 15) is 14.3 Å². The number of ether oxygens (including phenoxy) is 1. The highest BCUT2D eigenvalue weighted by atomic mass is 32.2. The summed E-state index contributed by atoms with van der Waals surface area (Å²) in [5, 5.41) is 0.548. The largest absolute Gasteiger partial charge is 0.466 e. The summed E-state index contributed by atoms with van der Waals surface area (Å²) in [7, 11) is -3.30. The summed E-state index contributed by atoms with van der Waals surface area (Å²) < 4.78 is 16.9. The van der Waals surface area contributed by atoms with E-state index < -0.39 is 7.37 Å². The molecular formula is C12H21O4PS. The van der Waals surface area contributed by atoms with Gasteiger partial charge in [0.15, 0.2) is 0 Å². The van der Waals surface area contributed by atoms with Crippen LogP contribution < -0.4 is 0 Å². The molecule has 0 aromatic carbocycles. The molecular weight excluding hydrogens is 271 g/mol. The fourth-order valence-corrected chi connectivity index (χ4v) is 5.10. The molecule has 1 aliphatic rings. The van der Waals surface area contributed by atoms with E-state index >= 15 is 0 Å². The molecule has 0 saturated carbocycles. The van der Waals surface area contributed by atoms with Crippen LogP contribution in [-0.2, 0) is 14.1 Å². The van der Waals surface area contributed by atoms with E-state index in [-0.39, 0.29) is 17.8 Å². The highest BCUT2D eigenvalue weighted by molar-refractivity contribution is 8.03. The van der Waals surface area contributed by atoms with Gasteiger partial charge in [-0.2, -0.15) is 0 Å². The number of allylic oxidation sites excluding steroid dienone is 2. The van der Waals surface area contributed by atoms with Gasteiger partial charge in [-0.1, -0.05) is 13.8 Å². The zero-order valence-electron chi connectivity index (χ0n) is 11.3. The second-order valence-electron chi connectivity index (χ2n) is 4.81. The topological polar surface area (TPSA) is 63.6 Å². The van der Waals surface area contributed by atoms with Crippen molar-refractivity contribution in [2.45, 2.75) is 27.2 Å². The van der Waals surface area contributed by atoms with Crippen molar-refractivity contribution in [3.8, 4) is 0 Å². The Morgan fingerprint density at radius 2 is 2.22 bits per heavy atom. The Morgan fingerprint density at radius 3 is 2.67 bits per heavy atom. The number of hydrogen-bond acceptors (Lipinski definition) is 4. The van der Waals surface area contributed by atoms with E-state index in [4.69, 9.17) is 4.74 Å². The van der Waals surface area contributed by atoms with Gasteiger partial charge in [0.05, 0.1) is 12.5 Å². The van der Waals surface area contributed by atoms with E-state index in [2.05, 4.69) is 0 Å². The van der Waals surface area contributed by atoms with Crippen molar-refractivity contribution in [3.63, 3.8) is 0 Å². The van der Waals surface area contributed by atoms with Crippen LogP contribution in [0.4, 0.5) is 0 Å². The van der Waals surface area contributed by atoms with E-state index in [0.717, 1.165) is 4.91 Å². The van der Waals surface area contributed by atoms with Gasteiger partial charge in [-0.3, -0.25) is 9.36 Å². The number of carbonyl (C=O) groups excluding carboxylic acids is 1. The molecule has 18 heavy (non-hydrogen) atoms. The third-order valence-electron chi connectivity index (χ3n) is 2.81. The van der Waals surface area contributed by atoms with Crippen molar-refractivity contribution >= 4 is 25.1 Å². The smallest absolute Gasteiger partial charge is 0.310 e. The molecule has 0 aromatic heterocycles. The van der Waals surface area contributed by atoms with Gasteiger partial charge in [0, 0.05) is 17.7 Å². The standard InChI is InChI=1S/C12H21O4PS/c1-5-16-12(13)9-6-10(17(4,14)15)11(8(2)3)18-7-9/h8-9H,5-7H2,1-4H3,(H,14,15)/t9-/m0/s1. The summed E-state index contributed by atoms with van der Waals surface area (Å²) in [5.74, 6) is 0.288. The Morgan fingerprint density at radius 1 is 1.61 bits per heavy atom. The van der Waals surface area contributed by atoms with E-state index in [1.807, 2.05) is 13.8 Å². The maximum absolute atomic E-state index is 11.9. The van der Waals surface area contributed by atoms with Gasteiger partial charge in [0.2, 0.25) is 7.37 Å². The molecule has 1 N–H and O–H groups in total. The third-order valence-corrected chi connectivity index (χ3v) is 5.98. The summed E-state index contributed by atoms with van der Waals surface area (Å²) in [6.45, 7) is 7.46. The quantitative estimate of drug-likeness (QED) is 0.637. The van der Waals surface area contributed by atoms with Gasteiger partial charge in [0.1, 0.15) is 0 Å². The molecule has 0 bridgehead atoms. The Labute approximate surface area is 113 Å². The summed E-state index contributed by atoms with van der Waals surface area (Å²) in [4.78, 5) is 22.5. The highest BCUT2D eigenvalue weighted by Gasteiger charge is 2.34. The zero-order chi connectivity index (χ0) is 13.9. The second kappa shape index (κ2) is 6.27. The van der Waals surface area contributed by atoms with Crippen molar-refractivity contribution in [1.29, 1.82) is 0 Å². The lowest BCUT2D eigenvalue weighted by molar-refractivity contribution is -0.147. The number of thioether (sulfide) groups is 1. The molecule has 0 amide bonds. The van der Waals surface area contributed by atoms with Gasteiger partial charge in [-0.15, -0.1) is 11.8 Å². The SMILES string of the molecule is CCOC(=O)[C@@H]1CSC(C(C)C)=C(P(C)(=O)O)C1. The summed E-state index contributed by atoms with van der Waals surface area (Å²) in [6.07, 6.45) is 0.351. The van der Waals surface area contributed by atoms with Crippen LogP contribution in [0.15, 0.2) is 10.2 Å². The van der Waals surface area contributed by atoms with Crippen LogP contribution in [-0.4, -0.2) is 29.9 Å². The number of rotatable bonds is 4. The fourth-order valence-electron chi connectivity index (χ4n) is 1.95. The Hall–Kier alpha value is -0.250. The molecule has 0 aliphatic carbocycles. The van der Waals surface area contributed by atoms with Crippen molar-refractivity contribution in [1.82, 2.24) is 0 Å². The van der Waals surface area contributed by atoms with Crippen LogP contribution in [0.2, 0.25) is 0 Å². The minimum atomic E-state index is -3.30. The molecule has 2 atom stereocenters. The number of carbonyl (C=O) groups is 1. The van der Waals surface area contributed by atoms with Crippen molar-refractivity contribution in [2.24, 2.45) is 11.8 Å². The normalized spacial score (nSPS) is 24.0. The van der Waals surface area contributed by atoms with Gasteiger partial charge >= 0.3 is 5.97 Å². The molecule has 104 valence electrons. The summed E-state index contributed by atoms with van der Waals surface area (Å²) >= 11 is 1.52. The van der Waals surface area contributed by atoms with Crippen LogP contribution in [0.1, 0.15) is 27.2 Å². The van der Waals surface area contributed by atoms with Crippen LogP contribution in [0, 0.1) is 11.8 Å². The summed E-state index contributed by atoms with van der Waals surface area (Å²) in [6, 6.07) is 0. The Kier molecular flexibility index (Phi) is 5.50. The highest BCUT2D eigenvalue weighted by Crippen LogP contribution is 2.56. The Bertz CT molecular complexity index is 397. The first-order valence-electron chi connectivity index (χ1n) is 6.10. The average molecular weight is 292 g/mol. The van der Waals surface area contributed by atoms with Crippen LogP contribution in [0.25, 0.3) is 0 Å². The van der Waals surface area contributed by atoms with Crippen molar-refractivity contribution < 1.29 is 19.0 Å². The van der Waals surface area contributed by atoms with Gasteiger partial charge < -0.3 is 9.63 Å². The maximum Gasteiger partial charge on any atom is 0.310 e. The monoisotopic (exact) mass is 292 g/mol. The van der Waals surface area contributed by atoms with Gasteiger partial charge in [-0.25, -0.2) is 0 Å². The number of esters is 1. The molecule has 1 heterocycles. The predicted octanol–water partition coefficient (Wildman–Crippen LogP) is 3.07. The molecule has 0 spiro atoms. The number of hydrogen-bond donors (Lipinski definition) is 1. The molecule has 1 aliphatic heterocycles. The lowest BCUT2D eigenvalue weighted by atomic mass is 10.0. The van der Waals surface area contributed by atoms with Gasteiger partial charge in [-0.05, 0) is 24.2 Å². The maximum atomic E-state index is 11.9. The predicted molar refractivity (Wildman–Crippen MR) is 74.8 cm³/mol. The molecule has 4 nitrogen and oxygen atoms in total. The Balaban J connectivity index is 2.97. The van der Waals surface area contributed by atoms with Crippen LogP contribution >= 0.6 is 19.1 Å². The molecule has 1 unspecified atom stereocenters. The lowest BCUT2D eigenvalue weighted by Crippen LogP contribution is -2.24.